The number of hydrogen-bond acceptors (Lipinski definition) is 4. The highest BCUT2D eigenvalue weighted by atomic mass is 79.9. The number of carbonyl (C=O) groups excluding carboxylic acids is 1. The summed E-state index contributed by atoms with van der Waals surface area (Å²) in [6.07, 6.45) is 0. The highest BCUT2D eigenvalue weighted by Crippen LogP contribution is 2.33. The second-order valence-electron chi connectivity index (χ2n) is 3.61. The van der Waals surface area contributed by atoms with E-state index < -0.39 is 4.92 Å². The molecular weight excluding hydrogens is 435 g/mol. The molecule has 1 aromatic carbocycles. The lowest BCUT2D eigenvalue weighted by Crippen LogP contribution is -2.10. The van der Waals surface area contributed by atoms with Gasteiger partial charge in [0.1, 0.15) is 5.02 Å². The molecular formula is C11H5Br2ClN2O3S. The lowest BCUT2D eigenvalue weighted by Gasteiger charge is -2.04. The molecule has 0 spiro atoms. The Morgan fingerprint density at radius 3 is 2.60 bits per heavy atom. The van der Waals surface area contributed by atoms with Crippen molar-refractivity contribution >= 4 is 72.1 Å². The van der Waals surface area contributed by atoms with Crippen LogP contribution in [0.2, 0.25) is 5.02 Å². The van der Waals surface area contributed by atoms with Crippen LogP contribution in [0.3, 0.4) is 0 Å². The molecule has 20 heavy (non-hydrogen) atoms. The molecule has 0 aliphatic heterocycles. The summed E-state index contributed by atoms with van der Waals surface area (Å²) in [5, 5.41) is 13.4. The zero-order valence-corrected chi connectivity index (χ0v) is 14.3. The molecule has 0 aliphatic rings. The molecule has 0 bridgehead atoms. The predicted octanol–water partition coefficient (Wildman–Crippen LogP) is 5.09. The fourth-order valence-corrected chi connectivity index (χ4v) is 3.50. The van der Waals surface area contributed by atoms with E-state index in [9.17, 15) is 14.9 Å². The second kappa shape index (κ2) is 6.21. The lowest BCUT2D eigenvalue weighted by molar-refractivity contribution is -0.384. The van der Waals surface area contributed by atoms with Crippen molar-refractivity contribution in [1.82, 2.24) is 0 Å². The van der Waals surface area contributed by atoms with Crippen LogP contribution in [0, 0.1) is 10.1 Å². The van der Waals surface area contributed by atoms with Gasteiger partial charge in [-0.3, -0.25) is 14.9 Å². The zero-order chi connectivity index (χ0) is 14.9. The van der Waals surface area contributed by atoms with E-state index in [1.165, 1.54) is 29.5 Å². The van der Waals surface area contributed by atoms with Crippen molar-refractivity contribution in [2.45, 2.75) is 0 Å². The molecule has 0 aliphatic carbocycles. The number of nitro groups is 1. The largest absolute Gasteiger partial charge is 0.321 e. The number of amides is 1. The highest BCUT2D eigenvalue weighted by molar-refractivity contribution is 9.13. The monoisotopic (exact) mass is 438 g/mol. The van der Waals surface area contributed by atoms with Crippen molar-refractivity contribution in [3.05, 3.63) is 52.5 Å². The molecule has 9 heteroatoms. The molecule has 2 aromatic rings. The van der Waals surface area contributed by atoms with Gasteiger partial charge in [0.2, 0.25) is 0 Å². The van der Waals surface area contributed by atoms with Crippen LogP contribution in [-0.4, -0.2) is 10.8 Å². The van der Waals surface area contributed by atoms with Crippen molar-refractivity contribution in [2.75, 3.05) is 5.32 Å². The topological polar surface area (TPSA) is 72.2 Å². The zero-order valence-electron chi connectivity index (χ0n) is 9.52. The van der Waals surface area contributed by atoms with Crippen molar-refractivity contribution in [3.8, 4) is 0 Å². The molecule has 104 valence electrons. The Balaban J connectivity index is 2.24. The highest BCUT2D eigenvalue weighted by Gasteiger charge is 2.16. The lowest BCUT2D eigenvalue weighted by atomic mass is 10.2. The normalized spacial score (nSPS) is 10.3. The van der Waals surface area contributed by atoms with Gasteiger partial charge in [0.05, 0.1) is 13.6 Å². The SMILES string of the molecule is O=C(Nc1ccc(Cl)c([N+](=O)[O-])c1)c1cc(Br)c(Br)s1. The number of rotatable bonds is 3. The Bertz CT molecular complexity index is 685. The fraction of sp³-hybridized carbons (Fsp3) is 0. The smallest absolute Gasteiger partial charge is 0.289 e. The molecule has 1 heterocycles. The van der Waals surface area contributed by atoms with Gasteiger partial charge < -0.3 is 5.32 Å². The van der Waals surface area contributed by atoms with Gasteiger partial charge in [-0.15, -0.1) is 11.3 Å². The second-order valence-corrected chi connectivity index (χ2v) is 7.24. The first-order chi connectivity index (χ1) is 9.38. The van der Waals surface area contributed by atoms with Gasteiger partial charge >= 0.3 is 0 Å². The molecule has 5 nitrogen and oxygen atoms in total. The molecule has 0 atom stereocenters. The number of thiophene rings is 1. The molecule has 0 saturated heterocycles. The molecule has 0 fully saturated rings. The van der Waals surface area contributed by atoms with Gasteiger partial charge in [-0.1, -0.05) is 11.6 Å². The average molecular weight is 440 g/mol. The minimum absolute atomic E-state index is 0.0228. The van der Waals surface area contributed by atoms with E-state index in [2.05, 4.69) is 37.2 Å². The number of nitro benzene ring substituents is 1. The summed E-state index contributed by atoms with van der Waals surface area (Å²) < 4.78 is 1.57. The first kappa shape index (κ1) is 15.4. The van der Waals surface area contributed by atoms with E-state index in [-0.39, 0.29) is 16.6 Å². The van der Waals surface area contributed by atoms with Crippen LogP contribution in [0.1, 0.15) is 9.67 Å². The van der Waals surface area contributed by atoms with Crippen LogP contribution >= 0.6 is 54.8 Å². The molecule has 1 aromatic heterocycles. The number of nitrogens with zero attached hydrogens (tertiary/aromatic N) is 1. The minimum atomic E-state index is -0.601. The van der Waals surface area contributed by atoms with E-state index in [0.29, 0.717) is 10.6 Å². The molecule has 0 radical (unpaired) electrons. The molecule has 0 unspecified atom stereocenters. The van der Waals surface area contributed by atoms with E-state index in [0.717, 1.165) is 8.26 Å². The maximum absolute atomic E-state index is 12.0. The molecule has 1 amide bonds. The quantitative estimate of drug-likeness (QED) is 0.534. The van der Waals surface area contributed by atoms with E-state index in [1.54, 1.807) is 6.07 Å². The maximum Gasteiger partial charge on any atom is 0.289 e. The summed E-state index contributed by atoms with van der Waals surface area (Å²) >= 11 is 13.5. The number of nitrogens with one attached hydrogen (secondary N) is 1. The van der Waals surface area contributed by atoms with Crippen molar-refractivity contribution in [1.29, 1.82) is 0 Å². The van der Waals surface area contributed by atoms with Crippen LogP contribution in [0.4, 0.5) is 11.4 Å². The van der Waals surface area contributed by atoms with Gasteiger partial charge in [-0.2, -0.15) is 0 Å². The van der Waals surface area contributed by atoms with Gasteiger partial charge in [0.25, 0.3) is 11.6 Å². The number of benzene rings is 1. The average Bonchev–Trinajstić information content (AvgIpc) is 2.72. The van der Waals surface area contributed by atoms with E-state index in [4.69, 9.17) is 11.6 Å². The minimum Gasteiger partial charge on any atom is -0.321 e. The number of hydrogen-bond donors (Lipinski definition) is 1. The van der Waals surface area contributed by atoms with E-state index >= 15 is 0 Å². The Hall–Kier alpha value is -0.960. The summed E-state index contributed by atoms with van der Waals surface area (Å²) in [7, 11) is 0. The number of anilines is 1. The summed E-state index contributed by atoms with van der Waals surface area (Å²) in [5.74, 6) is -0.349. The predicted molar refractivity (Wildman–Crippen MR) is 85.8 cm³/mol. The van der Waals surface area contributed by atoms with Crippen molar-refractivity contribution < 1.29 is 9.72 Å². The maximum atomic E-state index is 12.0. The number of carbonyl (C=O) groups is 1. The van der Waals surface area contributed by atoms with Crippen molar-refractivity contribution in [2.24, 2.45) is 0 Å². The Morgan fingerprint density at radius 1 is 1.35 bits per heavy atom. The van der Waals surface area contributed by atoms with Gasteiger partial charge in [0.15, 0.2) is 0 Å². The third-order valence-corrected chi connectivity index (χ3v) is 5.84. The third-order valence-electron chi connectivity index (χ3n) is 2.27. The molecule has 0 saturated carbocycles. The van der Waals surface area contributed by atoms with Crippen LogP contribution in [0.15, 0.2) is 32.5 Å². The van der Waals surface area contributed by atoms with E-state index in [1.807, 2.05) is 0 Å². The molecule has 1 N–H and O–H groups in total. The summed E-state index contributed by atoms with van der Waals surface area (Å²) in [4.78, 5) is 22.6. The first-order valence-corrected chi connectivity index (χ1v) is 7.86. The van der Waals surface area contributed by atoms with Gasteiger partial charge in [0, 0.05) is 16.2 Å². The van der Waals surface area contributed by atoms with Gasteiger partial charge in [-0.25, -0.2) is 0 Å². The third kappa shape index (κ3) is 3.38. The number of halogens is 3. The Morgan fingerprint density at radius 2 is 2.05 bits per heavy atom. The van der Waals surface area contributed by atoms with Gasteiger partial charge in [-0.05, 0) is 50.1 Å². The van der Waals surface area contributed by atoms with Crippen LogP contribution in [0.5, 0.6) is 0 Å². The summed E-state index contributed by atoms with van der Waals surface area (Å²) in [6.45, 7) is 0. The summed E-state index contributed by atoms with van der Waals surface area (Å²) in [6, 6.07) is 5.76. The fourth-order valence-electron chi connectivity index (χ4n) is 1.38. The van der Waals surface area contributed by atoms with Crippen LogP contribution in [-0.2, 0) is 0 Å². The van der Waals surface area contributed by atoms with Crippen LogP contribution in [0.25, 0.3) is 0 Å². The summed E-state index contributed by atoms with van der Waals surface area (Å²) in [5.41, 5.74) is 0.0600. The first-order valence-electron chi connectivity index (χ1n) is 5.08. The molecule has 2 rings (SSSR count). The standard InChI is InChI=1S/C11H5Br2ClN2O3S/c12-6-4-9(20-10(6)13)11(17)15-5-1-2-7(14)8(3-5)16(18)19/h1-4H,(H,15,17). The Labute approximate surface area is 139 Å². The van der Waals surface area contributed by atoms with Crippen molar-refractivity contribution in [3.63, 3.8) is 0 Å². The van der Waals surface area contributed by atoms with Crippen LogP contribution < -0.4 is 5.32 Å². The Kier molecular flexibility index (Phi) is 4.79.